The van der Waals surface area contributed by atoms with Crippen molar-refractivity contribution in [1.29, 1.82) is 0 Å². The fourth-order valence-corrected chi connectivity index (χ4v) is 5.14. The Morgan fingerprint density at radius 1 is 1.06 bits per heavy atom. The zero-order valence-electron chi connectivity index (χ0n) is 20.5. The fourth-order valence-electron chi connectivity index (χ4n) is 5.14. The molecular weight excluding hydrogens is 465 g/mol. The highest BCUT2D eigenvalue weighted by Crippen LogP contribution is 2.30. The third-order valence-corrected chi connectivity index (χ3v) is 7.12. The van der Waals surface area contributed by atoms with E-state index in [-0.39, 0.29) is 48.9 Å². The van der Waals surface area contributed by atoms with Gasteiger partial charge in [-0.15, -0.1) is 0 Å². The molecule has 0 aromatic heterocycles. The van der Waals surface area contributed by atoms with Gasteiger partial charge in [0.25, 0.3) is 0 Å². The molecule has 0 spiro atoms. The van der Waals surface area contributed by atoms with Crippen molar-refractivity contribution < 1.29 is 33.4 Å². The van der Waals surface area contributed by atoms with E-state index in [4.69, 9.17) is 14.6 Å². The summed E-state index contributed by atoms with van der Waals surface area (Å²) < 4.78 is 25.1. The molecule has 0 bridgehead atoms. The molecule has 7 nitrogen and oxygen atoms in total. The van der Waals surface area contributed by atoms with E-state index >= 15 is 0 Å². The molecule has 4 rings (SSSR count). The Labute approximate surface area is 210 Å². The Kier molecular flexibility index (Phi) is 8.23. The van der Waals surface area contributed by atoms with E-state index in [1.165, 1.54) is 13.2 Å². The third-order valence-electron chi connectivity index (χ3n) is 7.12. The molecule has 1 fully saturated rings. The van der Waals surface area contributed by atoms with Gasteiger partial charge in [0, 0.05) is 32.4 Å². The van der Waals surface area contributed by atoms with Crippen molar-refractivity contribution in [3.8, 4) is 5.75 Å². The Bertz CT molecular complexity index is 1130. The fraction of sp³-hybridized carbons (Fsp3) is 0.464. The first-order valence-corrected chi connectivity index (χ1v) is 12.4. The van der Waals surface area contributed by atoms with E-state index in [1.54, 1.807) is 17.0 Å². The number of carboxylic acid groups (broad SMARTS) is 1. The van der Waals surface area contributed by atoms with Gasteiger partial charge in [-0.05, 0) is 66.3 Å². The van der Waals surface area contributed by atoms with Crippen LogP contribution in [0.15, 0.2) is 36.4 Å². The molecule has 1 saturated carbocycles. The van der Waals surface area contributed by atoms with E-state index in [0.29, 0.717) is 37.9 Å². The molecule has 1 amide bonds. The van der Waals surface area contributed by atoms with Gasteiger partial charge in [-0.25, -0.2) is 9.18 Å². The maximum absolute atomic E-state index is 14.4. The first-order valence-electron chi connectivity index (χ1n) is 12.4. The van der Waals surface area contributed by atoms with E-state index in [2.05, 4.69) is 0 Å². The van der Waals surface area contributed by atoms with Crippen molar-refractivity contribution in [2.24, 2.45) is 5.92 Å². The summed E-state index contributed by atoms with van der Waals surface area (Å²) >= 11 is 0. The zero-order chi connectivity index (χ0) is 25.7. The Morgan fingerprint density at radius 2 is 1.83 bits per heavy atom. The standard InChI is InChI=1S/C28H32FNO6/c1-35-25-4-2-3-21(27(25)29)16-23(31)14-19-5-8-22-17-30(12-11-20(22)13-19)28(34)36-24-9-6-18(7-10-24)15-26(32)33/h2-5,8,13,18,24H,6-7,9-12,14-17H2,1H3,(H,32,33). The molecule has 8 heteroatoms. The van der Waals surface area contributed by atoms with Crippen molar-refractivity contribution in [2.45, 2.75) is 64.0 Å². The minimum Gasteiger partial charge on any atom is -0.494 e. The number of benzene rings is 2. The van der Waals surface area contributed by atoms with Crippen LogP contribution >= 0.6 is 0 Å². The van der Waals surface area contributed by atoms with Gasteiger partial charge in [-0.3, -0.25) is 9.59 Å². The van der Waals surface area contributed by atoms with E-state index in [0.717, 1.165) is 29.5 Å². The third kappa shape index (κ3) is 6.42. The topological polar surface area (TPSA) is 93.1 Å². The number of nitrogens with zero attached hydrogens (tertiary/aromatic N) is 1. The molecule has 1 aliphatic heterocycles. The molecule has 2 aliphatic rings. The lowest BCUT2D eigenvalue weighted by molar-refractivity contribution is -0.138. The van der Waals surface area contributed by atoms with Gasteiger partial charge in [0.15, 0.2) is 11.6 Å². The second-order valence-corrected chi connectivity index (χ2v) is 9.72. The first kappa shape index (κ1) is 25.7. The summed E-state index contributed by atoms with van der Waals surface area (Å²) in [6.07, 6.45) is 3.48. The van der Waals surface area contributed by atoms with Gasteiger partial charge < -0.3 is 19.5 Å². The molecule has 0 unspecified atom stereocenters. The van der Waals surface area contributed by atoms with Gasteiger partial charge >= 0.3 is 12.1 Å². The maximum atomic E-state index is 14.4. The number of fused-ring (bicyclic) bond motifs is 1. The quantitative estimate of drug-likeness (QED) is 0.568. The molecule has 0 radical (unpaired) electrons. The number of ketones is 1. The molecule has 0 atom stereocenters. The van der Waals surface area contributed by atoms with E-state index in [9.17, 15) is 18.8 Å². The Balaban J connectivity index is 1.29. The van der Waals surface area contributed by atoms with Crippen molar-refractivity contribution >= 4 is 17.8 Å². The van der Waals surface area contributed by atoms with Crippen LogP contribution in [0.5, 0.6) is 5.75 Å². The minimum absolute atomic E-state index is 0.00203. The van der Waals surface area contributed by atoms with Gasteiger partial charge in [-0.2, -0.15) is 0 Å². The minimum atomic E-state index is -0.777. The van der Waals surface area contributed by atoms with Crippen LogP contribution in [0.25, 0.3) is 0 Å². The average molecular weight is 498 g/mol. The number of amides is 1. The SMILES string of the molecule is COc1cccc(CC(=O)Cc2ccc3c(c2)CCN(C(=O)OC2CCC(CC(=O)O)CC2)C3)c1F. The summed E-state index contributed by atoms with van der Waals surface area (Å²) in [4.78, 5) is 37.9. The van der Waals surface area contributed by atoms with Crippen molar-refractivity contribution in [1.82, 2.24) is 4.90 Å². The maximum Gasteiger partial charge on any atom is 0.410 e. The number of hydrogen-bond acceptors (Lipinski definition) is 5. The summed E-state index contributed by atoms with van der Waals surface area (Å²) in [5.41, 5.74) is 3.32. The van der Waals surface area contributed by atoms with Gasteiger partial charge in [0.05, 0.1) is 7.11 Å². The summed E-state index contributed by atoms with van der Waals surface area (Å²) in [5.74, 6) is -1.07. The Morgan fingerprint density at radius 3 is 2.56 bits per heavy atom. The zero-order valence-corrected chi connectivity index (χ0v) is 20.5. The number of methoxy groups -OCH3 is 1. The summed E-state index contributed by atoms with van der Waals surface area (Å²) in [6.45, 7) is 0.985. The number of Topliss-reactive ketones (excluding diaryl/α,β-unsaturated/α-hetero) is 1. The van der Waals surface area contributed by atoms with Crippen LogP contribution in [0.2, 0.25) is 0 Å². The van der Waals surface area contributed by atoms with Gasteiger partial charge in [0.1, 0.15) is 11.9 Å². The van der Waals surface area contributed by atoms with Crippen LogP contribution in [0.4, 0.5) is 9.18 Å². The lowest BCUT2D eigenvalue weighted by Crippen LogP contribution is -2.39. The predicted octanol–water partition coefficient (Wildman–Crippen LogP) is 4.72. The molecule has 36 heavy (non-hydrogen) atoms. The van der Waals surface area contributed by atoms with E-state index < -0.39 is 11.8 Å². The first-order chi connectivity index (χ1) is 17.3. The van der Waals surface area contributed by atoms with Crippen molar-refractivity contribution in [3.05, 3.63) is 64.5 Å². The molecule has 0 saturated heterocycles. The van der Waals surface area contributed by atoms with Crippen LogP contribution in [0.1, 0.15) is 54.4 Å². The van der Waals surface area contributed by atoms with E-state index in [1.807, 2.05) is 18.2 Å². The number of carbonyl (C=O) groups is 3. The highest BCUT2D eigenvalue weighted by molar-refractivity contribution is 5.83. The predicted molar refractivity (Wildman–Crippen MR) is 130 cm³/mol. The van der Waals surface area contributed by atoms with Gasteiger partial charge in [-0.1, -0.05) is 30.3 Å². The smallest absolute Gasteiger partial charge is 0.410 e. The summed E-state index contributed by atoms with van der Waals surface area (Å²) in [5, 5.41) is 8.95. The highest BCUT2D eigenvalue weighted by atomic mass is 19.1. The lowest BCUT2D eigenvalue weighted by Gasteiger charge is -2.32. The number of carboxylic acids is 1. The molecule has 1 N–H and O–H groups in total. The largest absolute Gasteiger partial charge is 0.494 e. The van der Waals surface area contributed by atoms with Crippen LogP contribution in [-0.4, -0.2) is 47.6 Å². The number of halogens is 1. The normalized spacial score (nSPS) is 19.3. The molecule has 192 valence electrons. The second kappa shape index (κ2) is 11.5. The Hall–Kier alpha value is -3.42. The lowest BCUT2D eigenvalue weighted by atomic mass is 9.85. The summed E-state index contributed by atoms with van der Waals surface area (Å²) in [6, 6.07) is 10.6. The molecule has 2 aromatic rings. The molecule has 1 heterocycles. The highest BCUT2D eigenvalue weighted by Gasteiger charge is 2.28. The van der Waals surface area contributed by atoms with Crippen LogP contribution < -0.4 is 4.74 Å². The molecule has 1 aliphatic carbocycles. The van der Waals surface area contributed by atoms with Crippen molar-refractivity contribution in [2.75, 3.05) is 13.7 Å². The van der Waals surface area contributed by atoms with Crippen molar-refractivity contribution in [3.63, 3.8) is 0 Å². The number of hydrogen-bond donors (Lipinski definition) is 1. The number of carbonyl (C=O) groups excluding carboxylic acids is 2. The van der Waals surface area contributed by atoms with Crippen LogP contribution in [-0.2, 0) is 40.1 Å². The van der Waals surface area contributed by atoms with Gasteiger partial charge in [0.2, 0.25) is 0 Å². The molecular formula is C28H32FNO6. The summed E-state index contributed by atoms with van der Waals surface area (Å²) in [7, 11) is 1.40. The number of rotatable bonds is 8. The average Bonchev–Trinajstić information content (AvgIpc) is 2.86. The monoisotopic (exact) mass is 497 g/mol. The number of ether oxygens (including phenoxy) is 2. The molecule has 2 aromatic carbocycles. The second-order valence-electron chi connectivity index (χ2n) is 9.72. The van der Waals surface area contributed by atoms with Crippen LogP contribution in [0, 0.1) is 11.7 Å². The van der Waals surface area contributed by atoms with Crippen LogP contribution in [0.3, 0.4) is 0 Å². The number of aliphatic carboxylic acids is 1.